The van der Waals surface area contributed by atoms with Crippen LogP contribution in [-0.4, -0.2) is 61.8 Å². The zero-order chi connectivity index (χ0) is 24.2. The molecule has 0 aliphatic carbocycles. The molecule has 3 aromatic heterocycles. The highest BCUT2D eigenvalue weighted by atomic mass is 19.1. The standard InChI is InChI=1S/C22H25F2N7O2/c1-13(23)4-5-26-17-7-19(31-20-15(10-30-31)6-14(8-25)9-28-20)27-11-16(17)21(32)29-12-18(24)22(2,3)33/h6-7,9-11,13,18,33H,4-5,12H2,1-3H3,(H,26,27)(H,29,32). The van der Waals surface area contributed by atoms with Crippen LogP contribution in [0.5, 0.6) is 0 Å². The van der Waals surface area contributed by atoms with E-state index in [0.717, 1.165) is 0 Å². The van der Waals surface area contributed by atoms with Gasteiger partial charge in [-0.3, -0.25) is 4.79 Å². The van der Waals surface area contributed by atoms with Crippen molar-refractivity contribution in [2.24, 2.45) is 0 Å². The average molecular weight is 457 g/mol. The van der Waals surface area contributed by atoms with Gasteiger partial charge in [-0.15, -0.1) is 0 Å². The Morgan fingerprint density at radius 1 is 1.27 bits per heavy atom. The molecule has 0 saturated carbocycles. The molecule has 1 amide bonds. The zero-order valence-electron chi connectivity index (χ0n) is 18.5. The number of nitrogens with zero attached hydrogens (tertiary/aromatic N) is 5. The van der Waals surface area contributed by atoms with E-state index in [1.54, 1.807) is 18.3 Å². The maximum atomic E-state index is 14.1. The SMILES string of the molecule is CC(F)CCNc1cc(-n2ncc3cc(C#N)cnc32)ncc1C(=O)NCC(F)C(C)(C)O. The molecule has 0 aliphatic heterocycles. The first-order valence-corrected chi connectivity index (χ1v) is 10.4. The summed E-state index contributed by atoms with van der Waals surface area (Å²) >= 11 is 0. The predicted octanol–water partition coefficient (Wildman–Crippen LogP) is 2.69. The first-order valence-electron chi connectivity index (χ1n) is 10.4. The van der Waals surface area contributed by atoms with E-state index in [-0.39, 0.29) is 25.1 Å². The van der Waals surface area contributed by atoms with Crippen molar-refractivity contribution in [2.45, 2.75) is 45.1 Å². The van der Waals surface area contributed by atoms with Gasteiger partial charge in [-0.05, 0) is 33.3 Å². The highest BCUT2D eigenvalue weighted by Crippen LogP contribution is 2.22. The highest BCUT2D eigenvalue weighted by molar-refractivity contribution is 5.99. The largest absolute Gasteiger partial charge is 0.387 e. The number of nitriles is 1. The number of carbonyl (C=O) groups excluding carboxylic acids is 1. The van der Waals surface area contributed by atoms with Crippen molar-refractivity contribution in [3.63, 3.8) is 0 Å². The van der Waals surface area contributed by atoms with Gasteiger partial charge < -0.3 is 15.7 Å². The minimum atomic E-state index is -1.67. The molecule has 3 N–H and O–H groups in total. The first kappa shape index (κ1) is 24.0. The van der Waals surface area contributed by atoms with E-state index in [0.29, 0.717) is 28.1 Å². The number of alkyl halides is 2. The van der Waals surface area contributed by atoms with Gasteiger partial charge in [0.1, 0.15) is 12.2 Å². The summed E-state index contributed by atoms with van der Waals surface area (Å²) in [5, 5.41) is 29.2. The van der Waals surface area contributed by atoms with Gasteiger partial charge in [0, 0.05) is 30.4 Å². The predicted molar refractivity (Wildman–Crippen MR) is 119 cm³/mol. The van der Waals surface area contributed by atoms with Crippen molar-refractivity contribution in [3.05, 3.63) is 41.9 Å². The summed E-state index contributed by atoms with van der Waals surface area (Å²) in [4.78, 5) is 21.2. The Morgan fingerprint density at radius 3 is 2.70 bits per heavy atom. The van der Waals surface area contributed by atoms with E-state index in [2.05, 4.69) is 25.7 Å². The van der Waals surface area contributed by atoms with Crippen LogP contribution in [-0.2, 0) is 0 Å². The Balaban J connectivity index is 1.91. The molecule has 11 heteroatoms. The van der Waals surface area contributed by atoms with E-state index >= 15 is 0 Å². The number of rotatable bonds is 9. The molecule has 3 heterocycles. The van der Waals surface area contributed by atoms with E-state index in [4.69, 9.17) is 5.26 Å². The van der Waals surface area contributed by atoms with Crippen molar-refractivity contribution in [2.75, 3.05) is 18.4 Å². The lowest BCUT2D eigenvalue weighted by Crippen LogP contribution is -2.42. The van der Waals surface area contributed by atoms with Crippen LogP contribution in [0.4, 0.5) is 14.5 Å². The fraction of sp³-hybridized carbons (Fsp3) is 0.409. The number of halogens is 2. The number of amides is 1. The van der Waals surface area contributed by atoms with Crippen LogP contribution in [0.1, 0.15) is 43.1 Å². The molecular formula is C22H25F2N7O2. The first-order chi connectivity index (χ1) is 15.6. The minimum absolute atomic E-state index is 0.129. The molecule has 174 valence electrons. The van der Waals surface area contributed by atoms with Crippen LogP contribution in [0.2, 0.25) is 0 Å². The van der Waals surface area contributed by atoms with Crippen molar-refractivity contribution in [1.29, 1.82) is 5.26 Å². The summed E-state index contributed by atoms with van der Waals surface area (Å²) in [6, 6.07) is 5.22. The maximum Gasteiger partial charge on any atom is 0.255 e. The van der Waals surface area contributed by atoms with E-state index in [1.165, 1.54) is 37.8 Å². The molecule has 0 aromatic carbocycles. The second-order valence-corrected chi connectivity index (χ2v) is 8.22. The van der Waals surface area contributed by atoms with Gasteiger partial charge in [0.2, 0.25) is 0 Å². The second-order valence-electron chi connectivity index (χ2n) is 8.22. The van der Waals surface area contributed by atoms with Gasteiger partial charge in [-0.1, -0.05) is 0 Å². The third-order valence-corrected chi connectivity index (χ3v) is 4.95. The number of hydrogen-bond donors (Lipinski definition) is 3. The quantitative estimate of drug-likeness (QED) is 0.451. The zero-order valence-corrected chi connectivity index (χ0v) is 18.5. The molecule has 0 saturated heterocycles. The topological polar surface area (TPSA) is 129 Å². The van der Waals surface area contributed by atoms with Gasteiger partial charge >= 0.3 is 0 Å². The average Bonchev–Trinajstić information content (AvgIpc) is 3.19. The van der Waals surface area contributed by atoms with Gasteiger partial charge in [-0.2, -0.15) is 15.0 Å². The molecule has 0 bridgehead atoms. The van der Waals surface area contributed by atoms with Gasteiger partial charge in [0.25, 0.3) is 5.91 Å². The van der Waals surface area contributed by atoms with Crippen LogP contribution in [0, 0.1) is 11.3 Å². The number of pyridine rings is 2. The number of anilines is 1. The summed E-state index contributed by atoms with van der Waals surface area (Å²) in [6.07, 6.45) is 1.77. The molecular weight excluding hydrogens is 432 g/mol. The van der Waals surface area contributed by atoms with Crippen LogP contribution in [0.15, 0.2) is 30.7 Å². The number of nitrogens with one attached hydrogen (secondary N) is 2. The third-order valence-electron chi connectivity index (χ3n) is 4.95. The molecule has 2 atom stereocenters. The Labute approximate surface area is 189 Å². The fourth-order valence-corrected chi connectivity index (χ4v) is 2.97. The molecule has 0 fully saturated rings. The number of aliphatic hydroxyl groups is 1. The van der Waals surface area contributed by atoms with E-state index in [1.807, 2.05) is 6.07 Å². The van der Waals surface area contributed by atoms with Crippen LogP contribution >= 0.6 is 0 Å². The Bertz CT molecular complexity index is 1180. The fourth-order valence-electron chi connectivity index (χ4n) is 2.97. The lowest BCUT2D eigenvalue weighted by Gasteiger charge is -2.22. The Kier molecular flexibility index (Phi) is 7.18. The van der Waals surface area contributed by atoms with Crippen molar-refractivity contribution < 1.29 is 18.7 Å². The number of carbonyl (C=O) groups is 1. The van der Waals surface area contributed by atoms with E-state index < -0.39 is 23.9 Å². The molecule has 33 heavy (non-hydrogen) atoms. The number of aromatic nitrogens is 4. The Hall–Kier alpha value is -3.65. The lowest BCUT2D eigenvalue weighted by molar-refractivity contribution is -0.00177. The smallest absolute Gasteiger partial charge is 0.255 e. The molecule has 0 radical (unpaired) electrons. The number of fused-ring (bicyclic) bond motifs is 1. The van der Waals surface area contributed by atoms with Crippen LogP contribution in [0.3, 0.4) is 0 Å². The van der Waals surface area contributed by atoms with Crippen LogP contribution < -0.4 is 10.6 Å². The summed E-state index contributed by atoms with van der Waals surface area (Å²) in [7, 11) is 0. The van der Waals surface area contributed by atoms with Crippen LogP contribution in [0.25, 0.3) is 16.9 Å². The number of hydrogen-bond acceptors (Lipinski definition) is 7. The summed E-state index contributed by atoms with van der Waals surface area (Å²) in [5.41, 5.74) is -0.263. The summed E-state index contributed by atoms with van der Waals surface area (Å²) < 4.78 is 28.8. The van der Waals surface area contributed by atoms with Crippen molar-refractivity contribution in [1.82, 2.24) is 25.1 Å². The van der Waals surface area contributed by atoms with Gasteiger partial charge in [-0.25, -0.2) is 18.7 Å². The monoisotopic (exact) mass is 457 g/mol. The maximum absolute atomic E-state index is 14.1. The van der Waals surface area contributed by atoms with Crippen molar-refractivity contribution in [3.8, 4) is 11.9 Å². The molecule has 9 nitrogen and oxygen atoms in total. The Morgan fingerprint density at radius 2 is 2.03 bits per heavy atom. The summed E-state index contributed by atoms with van der Waals surface area (Å²) in [5.74, 6) is -0.256. The highest BCUT2D eigenvalue weighted by Gasteiger charge is 2.27. The van der Waals surface area contributed by atoms with Gasteiger partial charge in [0.05, 0.1) is 41.3 Å². The molecule has 3 aromatic rings. The normalized spacial score (nSPS) is 13.4. The molecule has 2 unspecified atom stereocenters. The summed E-state index contributed by atoms with van der Waals surface area (Å²) in [6.45, 7) is 3.92. The van der Waals surface area contributed by atoms with Gasteiger partial charge in [0.15, 0.2) is 11.5 Å². The molecule has 0 spiro atoms. The third kappa shape index (κ3) is 5.78. The van der Waals surface area contributed by atoms with E-state index in [9.17, 15) is 18.7 Å². The lowest BCUT2D eigenvalue weighted by atomic mass is 10.0. The molecule has 3 rings (SSSR count). The minimum Gasteiger partial charge on any atom is -0.387 e. The molecule has 0 aliphatic rings. The second kappa shape index (κ2) is 9.87. The van der Waals surface area contributed by atoms with Crippen molar-refractivity contribution >= 4 is 22.6 Å².